The van der Waals surface area contributed by atoms with Crippen LogP contribution in [-0.4, -0.2) is 43.0 Å². The topological polar surface area (TPSA) is 73.6 Å². The molecule has 1 heterocycles. The predicted molar refractivity (Wildman–Crippen MR) is 81.5 cm³/mol. The highest BCUT2D eigenvalue weighted by molar-refractivity contribution is 6.02. The van der Waals surface area contributed by atoms with Crippen molar-refractivity contribution in [2.75, 3.05) is 25.5 Å². The molecule has 1 aliphatic rings. The Labute approximate surface area is 129 Å². The van der Waals surface area contributed by atoms with Crippen LogP contribution in [0.15, 0.2) is 18.2 Å². The van der Waals surface area contributed by atoms with Crippen LogP contribution in [0.3, 0.4) is 0 Å². The van der Waals surface area contributed by atoms with Crippen LogP contribution in [0.5, 0.6) is 5.75 Å². The van der Waals surface area contributed by atoms with E-state index in [1.165, 1.54) is 9.80 Å². The molecule has 6 nitrogen and oxygen atoms in total. The molecule has 1 aromatic rings. The number of benzene rings is 1. The number of nitriles is 1. The second-order valence-electron chi connectivity index (χ2n) is 5.90. The van der Waals surface area contributed by atoms with Gasteiger partial charge in [-0.15, -0.1) is 0 Å². The summed E-state index contributed by atoms with van der Waals surface area (Å²) in [5.74, 6) is 0.262. The Morgan fingerprint density at radius 1 is 1.41 bits per heavy atom. The third-order valence-corrected chi connectivity index (χ3v) is 3.55. The van der Waals surface area contributed by atoms with Gasteiger partial charge < -0.3 is 14.5 Å². The molecule has 22 heavy (non-hydrogen) atoms. The van der Waals surface area contributed by atoms with Crippen LogP contribution < -0.4 is 9.64 Å². The summed E-state index contributed by atoms with van der Waals surface area (Å²) >= 11 is 0. The zero-order chi connectivity index (χ0) is 16.5. The largest absolute Gasteiger partial charge is 0.476 e. The van der Waals surface area contributed by atoms with E-state index in [1.807, 2.05) is 6.07 Å². The molecular formula is C16H19N3O3. The van der Waals surface area contributed by atoms with Gasteiger partial charge in [0.2, 0.25) is 5.91 Å². The van der Waals surface area contributed by atoms with Gasteiger partial charge in [-0.25, -0.2) is 0 Å². The Bertz CT molecular complexity index is 659. The highest BCUT2D eigenvalue weighted by Gasteiger charge is 2.41. The number of hydrogen-bond acceptors (Lipinski definition) is 4. The number of carbonyl (C=O) groups is 2. The first-order valence-electron chi connectivity index (χ1n) is 7.01. The third-order valence-electron chi connectivity index (χ3n) is 3.55. The molecule has 6 heteroatoms. The molecule has 0 atom stereocenters. The fourth-order valence-corrected chi connectivity index (χ4v) is 2.29. The lowest BCUT2D eigenvalue weighted by molar-refractivity contribution is -0.133. The van der Waals surface area contributed by atoms with Crippen LogP contribution in [0.25, 0.3) is 0 Å². The van der Waals surface area contributed by atoms with Gasteiger partial charge in [-0.05, 0) is 32.0 Å². The molecule has 0 bridgehead atoms. The fraction of sp³-hybridized carbons (Fsp3) is 0.438. The molecular weight excluding hydrogens is 282 g/mol. The van der Waals surface area contributed by atoms with E-state index in [0.29, 0.717) is 17.0 Å². The van der Waals surface area contributed by atoms with Crippen molar-refractivity contribution < 1.29 is 14.3 Å². The first-order valence-corrected chi connectivity index (χ1v) is 7.01. The summed E-state index contributed by atoms with van der Waals surface area (Å²) in [5.41, 5.74) is -0.0174. The average Bonchev–Trinajstić information content (AvgIpc) is 2.46. The molecule has 0 radical (unpaired) electrons. The highest BCUT2D eigenvalue weighted by atomic mass is 16.5. The van der Waals surface area contributed by atoms with E-state index in [2.05, 4.69) is 0 Å². The van der Waals surface area contributed by atoms with Crippen molar-refractivity contribution in [2.24, 2.45) is 0 Å². The molecule has 0 spiro atoms. The Hall–Kier alpha value is -2.55. The standard InChI is InChI=1S/C16H19N3O3/c1-16(2)15(21)19(8-7-14(20)18(3)4)12-9-11(10-17)5-6-13(12)22-16/h5-6,9H,7-8H2,1-4H3. The van der Waals surface area contributed by atoms with Crippen molar-refractivity contribution in [1.29, 1.82) is 5.26 Å². The van der Waals surface area contributed by atoms with Crippen molar-refractivity contribution >= 4 is 17.5 Å². The van der Waals surface area contributed by atoms with Gasteiger partial charge in [0, 0.05) is 27.1 Å². The zero-order valence-corrected chi connectivity index (χ0v) is 13.2. The van der Waals surface area contributed by atoms with Gasteiger partial charge >= 0.3 is 0 Å². The molecule has 1 aromatic carbocycles. The van der Waals surface area contributed by atoms with E-state index in [-0.39, 0.29) is 24.8 Å². The minimum absolute atomic E-state index is 0.0601. The van der Waals surface area contributed by atoms with E-state index in [0.717, 1.165) is 0 Å². The summed E-state index contributed by atoms with van der Waals surface area (Å²) in [5, 5.41) is 9.03. The lowest BCUT2D eigenvalue weighted by Crippen LogP contribution is -2.53. The van der Waals surface area contributed by atoms with Crippen molar-refractivity contribution in [3.8, 4) is 11.8 Å². The van der Waals surface area contributed by atoms with Crippen LogP contribution in [0.4, 0.5) is 5.69 Å². The first-order chi connectivity index (χ1) is 10.3. The summed E-state index contributed by atoms with van der Waals surface area (Å²) < 4.78 is 5.72. The van der Waals surface area contributed by atoms with E-state index < -0.39 is 5.60 Å². The lowest BCUT2D eigenvalue weighted by Gasteiger charge is -2.38. The van der Waals surface area contributed by atoms with Crippen LogP contribution in [0.1, 0.15) is 25.8 Å². The summed E-state index contributed by atoms with van der Waals surface area (Å²) in [4.78, 5) is 27.4. The predicted octanol–water partition coefficient (Wildman–Crippen LogP) is 1.54. The number of fused-ring (bicyclic) bond motifs is 1. The Kier molecular flexibility index (Phi) is 4.09. The Morgan fingerprint density at radius 3 is 2.68 bits per heavy atom. The quantitative estimate of drug-likeness (QED) is 0.849. The van der Waals surface area contributed by atoms with Gasteiger partial charge in [0.15, 0.2) is 5.60 Å². The molecule has 116 valence electrons. The monoisotopic (exact) mass is 301 g/mol. The molecule has 0 saturated carbocycles. The summed E-state index contributed by atoms with van der Waals surface area (Å²) in [7, 11) is 3.35. The summed E-state index contributed by atoms with van der Waals surface area (Å²) in [6.07, 6.45) is 0.213. The van der Waals surface area contributed by atoms with Gasteiger partial charge in [-0.1, -0.05) is 0 Å². The van der Waals surface area contributed by atoms with Crippen molar-refractivity contribution in [2.45, 2.75) is 25.9 Å². The molecule has 2 rings (SSSR count). The molecule has 1 aliphatic heterocycles. The smallest absolute Gasteiger partial charge is 0.270 e. The molecule has 2 amide bonds. The van der Waals surface area contributed by atoms with E-state index in [1.54, 1.807) is 46.1 Å². The summed E-state index contributed by atoms with van der Waals surface area (Å²) in [6, 6.07) is 6.99. The van der Waals surface area contributed by atoms with Crippen LogP contribution in [-0.2, 0) is 9.59 Å². The average molecular weight is 301 g/mol. The maximum absolute atomic E-state index is 12.6. The normalized spacial score (nSPS) is 15.6. The molecule has 0 aliphatic carbocycles. The van der Waals surface area contributed by atoms with Crippen molar-refractivity contribution in [3.05, 3.63) is 23.8 Å². The Balaban J connectivity index is 2.36. The van der Waals surface area contributed by atoms with Gasteiger partial charge in [-0.2, -0.15) is 5.26 Å². The molecule has 0 unspecified atom stereocenters. The minimum Gasteiger partial charge on any atom is -0.476 e. The van der Waals surface area contributed by atoms with Crippen molar-refractivity contribution in [3.63, 3.8) is 0 Å². The number of hydrogen-bond donors (Lipinski definition) is 0. The fourth-order valence-electron chi connectivity index (χ4n) is 2.29. The second-order valence-corrected chi connectivity index (χ2v) is 5.90. The minimum atomic E-state index is -0.998. The van der Waals surface area contributed by atoms with E-state index in [9.17, 15) is 9.59 Å². The SMILES string of the molecule is CN(C)C(=O)CCN1C(=O)C(C)(C)Oc2ccc(C#N)cc21. The first kappa shape index (κ1) is 15.8. The third kappa shape index (κ3) is 2.89. The Morgan fingerprint density at radius 2 is 2.09 bits per heavy atom. The van der Waals surface area contributed by atoms with E-state index in [4.69, 9.17) is 10.00 Å². The molecule has 0 N–H and O–H groups in total. The zero-order valence-electron chi connectivity index (χ0n) is 13.2. The molecule has 0 fully saturated rings. The second kappa shape index (κ2) is 5.68. The number of carbonyl (C=O) groups excluding carboxylic acids is 2. The van der Waals surface area contributed by atoms with E-state index >= 15 is 0 Å². The van der Waals surface area contributed by atoms with Gasteiger partial charge in [0.1, 0.15) is 5.75 Å². The van der Waals surface area contributed by atoms with Crippen molar-refractivity contribution in [1.82, 2.24) is 4.90 Å². The van der Waals surface area contributed by atoms with Gasteiger partial charge in [0.05, 0.1) is 17.3 Å². The number of amides is 2. The van der Waals surface area contributed by atoms with Gasteiger partial charge in [-0.3, -0.25) is 9.59 Å². The van der Waals surface area contributed by atoms with Crippen LogP contribution in [0, 0.1) is 11.3 Å². The lowest BCUT2D eigenvalue weighted by atomic mass is 10.0. The number of nitrogens with zero attached hydrogens (tertiary/aromatic N) is 3. The number of ether oxygens (including phenoxy) is 1. The van der Waals surface area contributed by atoms with Crippen LogP contribution >= 0.6 is 0 Å². The molecule has 0 aromatic heterocycles. The van der Waals surface area contributed by atoms with Crippen LogP contribution in [0.2, 0.25) is 0 Å². The summed E-state index contributed by atoms with van der Waals surface area (Å²) in [6.45, 7) is 3.64. The maximum Gasteiger partial charge on any atom is 0.270 e. The number of rotatable bonds is 3. The van der Waals surface area contributed by atoms with Gasteiger partial charge in [0.25, 0.3) is 5.91 Å². The highest BCUT2D eigenvalue weighted by Crippen LogP contribution is 2.38. The molecule has 0 saturated heterocycles. The maximum atomic E-state index is 12.6. The number of anilines is 1.